The fourth-order valence-corrected chi connectivity index (χ4v) is 11.5. The number of hydrogen-bond donors (Lipinski definition) is 5. The number of carbonyl (C=O) groups is 1. The number of aliphatic hydroxyl groups is 4. The highest BCUT2D eigenvalue weighted by molar-refractivity contribution is 5.80. The number of unbranched alkanes of at least 4 members (excludes halogenated alkanes) is 52. The van der Waals surface area contributed by atoms with Crippen molar-refractivity contribution in [3.05, 3.63) is 36.5 Å². The molecule has 0 saturated heterocycles. The first kappa shape index (κ1) is 77.5. The van der Waals surface area contributed by atoms with Gasteiger partial charge in [-0.1, -0.05) is 352 Å². The number of rotatable bonds is 67. The fraction of sp³-hybridized carbons (Fsp3) is 0.904. The third-order valence-corrected chi connectivity index (χ3v) is 17.1. The summed E-state index contributed by atoms with van der Waals surface area (Å²) in [5.41, 5.74) is 0. The Morgan fingerprint density at radius 2 is 0.532 bits per heavy atom. The second kappa shape index (κ2) is 67.3. The summed E-state index contributed by atoms with van der Waals surface area (Å²) in [6.45, 7) is 4.09. The number of nitrogens with one attached hydrogen (secondary N) is 1. The van der Waals surface area contributed by atoms with E-state index in [0.717, 1.165) is 38.5 Å². The maximum Gasteiger partial charge on any atom is 0.249 e. The molecule has 0 spiro atoms. The van der Waals surface area contributed by atoms with Crippen LogP contribution in [-0.4, -0.2) is 57.3 Å². The molecule has 6 nitrogen and oxygen atoms in total. The molecule has 0 rings (SSSR count). The monoisotopic (exact) mass is 1110 g/mol. The number of aliphatic hydroxyl groups excluding tert-OH is 4. The molecule has 468 valence electrons. The van der Waals surface area contributed by atoms with Crippen molar-refractivity contribution in [1.29, 1.82) is 0 Å². The predicted octanol–water partition coefficient (Wildman–Crippen LogP) is 22.3. The molecule has 0 bridgehead atoms. The van der Waals surface area contributed by atoms with Crippen LogP contribution in [-0.2, 0) is 4.79 Å². The summed E-state index contributed by atoms with van der Waals surface area (Å²) in [6, 6.07) is -1.01. The van der Waals surface area contributed by atoms with Crippen molar-refractivity contribution in [3.63, 3.8) is 0 Å². The normalized spacial score (nSPS) is 13.6. The van der Waals surface area contributed by atoms with E-state index in [9.17, 15) is 25.2 Å². The van der Waals surface area contributed by atoms with Crippen LogP contribution < -0.4 is 5.32 Å². The lowest BCUT2D eigenvalue weighted by atomic mass is 10.00. The summed E-state index contributed by atoms with van der Waals surface area (Å²) in [5, 5.41) is 44.2. The zero-order chi connectivity index (χ0) is 57.3. The van der Waals surface area contributed by atoms with Crippen LogP contribution in [0.5, 0.6) is 0 Å². The van der Waals surface area contributed by atoms with Crippen LogP contribution in [0.15, 0.2) is 36.5 Å². The molecule has 1 amide bonds. The molecule has 79 heavy (non-hydrogen) atoms. The van der Waals surface area contributed by atoms with Crippen LogP contribution in [0.1, 0.15) is 393 Å². The van der Waals surface area contributed by atoms with E-state index in [0.29, 0.717) is 19.3 Å². The van der Waals surface area contributed by atoms with Crippen molar-refractivity contribution < 1.29 is 25.2 Å². The van der Waals surface area contributed by atoms with Crippen molar-refractivity contribution >= 4 is 5.91 Å². The van der Waals surface area contributed by atoms with Crippen molar-refractivity contribution in [2.24, 2.45) is 0 Å². The lowest BCUT2D eigenvalue weighted by molar-refractivity contribution is -0.132. The van der Waals surface area contributed by atoms with Crippen LogP contribution in [0, 0.1) is 0 Å². The smallest absolute Gasteiger partial charge is 0.249 e. The van der Waals surface area contributed by atoms with Crippen molar-refractivity contribution in [2.45, 2.75) is 417 Å². The first-order valence-corrected chi connectivity index (χ1v) is 35.9. The lowest BCUT2D eigenvalue weighted by Gasteiger charge is -2.27. The quantitative estimate of drug-likeness (QED) is 0.0308. The molecule has 0 aliphatic rings. The molecule has 0 aromatic rings. The van der Waals surface area contributed by atoms with Gasteiger partial charge in [0.05, 0.1) is 18.8 Å². The average Bonchev–Trinajstić information content (AvgIpc) is 3.45. The van der Waals surface area contributed by atoms with Crippen LogP contribution in [0.4, 0.5) is 0 Å². The minimum absolute atomic E-state index is 0.362. The van der Waals surface area contributed by atoms with Gasteiger partial charge in [0, 0.05) is 0 Å². The maximum atomic E-state index is 12.7. The van der Waals surface area contributed by atoms with E-state index in [2.05, 4.69) is 55.6 Å². The van der Waals surface area contributed by atoms with Crippen LogP contribution in [0.25, 0.3) is 0 Å². The summed E-state index contributed by atoms with van der Waals surface area (Å²) in [7, 11) is 0. The molecule has 0 aliphatic carbocycles. The fourth-order valence-electron chi connectivity index (χ4n) is 11.5. The van der Waals surface area contributed by atoms with Gasteiger partial charge < -0.3 is 25.7 Å². The second-order valence-electron chi connectivity index (χ2n) is 24.9. The van der Waals surface area contributed by atoms with E-state index in [1.165, 1.54) is 321 Å². The third kappa shape index (κ3) is 60.9. The second-order valence-corrected chi connectivity index (χ2v) is 24.9. The van der Waals surface area contributed by atoms with E-state index in [-0.39, 0.29) is 0 Å². The van der Waals surface area contributed by atoms with Crippen molar-refractivity contribution in [2.75, 3.05) is 6.61 Å². The van der Waals surface area contributed by atoms with Gasteiger partial charge in [0.1, 0.15) is 12.2 Å². The van der Waals surface area contributed by atoms with Crippen molar-refractivity contribution in [1.82, 2.24) is 5.32 Å². The van der Waals surface area contributed by atoms with Gasteiger partial charge in [-0.3, -0.25) is 4.79 Å². The summed E-state index contributed by atoms with van der Waals surface area (Å²) >= 11 is 0. The standard InChI is InChI=1S/C73H141NO5/c1-3-5-7-9-11-13-15-17-19-21-23-25-27-29-30-31-32-33-34-35-36-37-38-39-40-41-43-45-47-49-51-53-55-57-59-61-63-65-67-71(77)73(79)74-69(68-75)72(78)70(76)66-64-62-60-58-56-54-52-50-48-46-44-42-28-26-24-22-20-18-16-14-12-10-8-6-4-2/h35-36,50,52,58,60,69-72,75-78H,3-34,37-49,51,53-57,59,61-68H2,1-2H3,(H,74,79)/b36-35-,52-50+,60-58+. The Labute approximate surface area is 494 Å². The molecule has 4 atom stereocenters. The largest absolute Gasteiger partial charge is 0.394 e. The van der Waals surface area contributed by atoms with E-state index in [1.807, 2.05) is 0 Å². The molecule has 0 heterocycles. The molecule has 0 fully saturated rings. The molecule has 5 N–H and O–H groups in total. The Morgan fingerprint density at radius 1 is 0.304 bits per heavy atom. The summed E-state index contributed by atoms with van der Waals surface area (Å²) in [4.78, 5) is 12.7. The first-order valence-electron chi connectivity index (χ1n) is 35.9. The molecule has 0 aliphatic heterocycles. The summed E-state index contributed by atoms with van der Waals surface area (Å²) in [5.74, 6) is -0.591. The third-order valence-electron chi connectivity index (χ3n) is 17.1. The Hall–Kier alpha value is -1.47. The topological polar surface area (TPSA) is 110 Å². The van der Waals surface area contributed by atoms with Gasteiger partial charge in [-0.25, -0.2) is 0 Å². The number of allylic oxidation sites excluding steroid dienone is 6. The number of carbonyl (C=O) groups excluding carboxylic acids is 1. The Morgan fingerprint density at radius 3 is 0.797 bits per heavy atom. The molecule has 0 aromatic heterocycles. The zero-order valence-corrected chi connectivity index (χ0v) is 53.4. The highest BCUT2D eigenvalue weighted by Crippen LogP contribution is 2.19. The molecule has 4 unspecified atom stereocenters. The highest BCUT2D eigenvalue weighted by atomic mass is 16.3. The Balaban J connectivity index is 3.55. The van der Waals surface area contributed by atoms with Gasteiger partial charge in [-0.05, 0) is 77.0 Å². The zero-order valence-electron chi connectivity index (χ0n) is 53.4. The maximum absolute atomic E-state index is 12.7. The minimum atomic E-state index is -1.29. The first-order chi connectivity index (χ1) is 39.0. The lowest BCUT2D eigenvalue weighted by Crippen LogP contribution is -2.53. The van der Waals surface area contributed by atoms with Gasteiger partial charge in [0.25, 0.3) is 0 Å². The average molecular weight is 1110 g/mol. The summed E-state index contributed by atoms with van der Waals surface area (Å²) < 4.78 is 0. The Bertz CT molecular complexity index is 1250. The molecular formula is C73H141NO5. The van der Waals surface area contributed by atoms with Gasteiger partial charge in [-0.15, -0.1) is 0 Å². The number of hydrogen-bond acceptors (Lipinski definition) is 5. The van der Waals surface area contributed by atoms with Gasteiger partial charge in [0.2, 0.25) is 5.91 Å². The molecule has 0 aromatic carbocycles. The molecular weight excluding hydrogens is 971 g/mol. The van der Waals surface area contributed by atoms with Crippen LogP contribution in [0.3, 0.4) is 0 Å². The predicted molar refractivity (Wildman–Crippen MR) is 348 cm³/mol. The summed E-state index contributed by atoms with van der Waals surface area (Å²) in [6.07, 6.45) is 87.2. The van der Waals surface area contributed by atoms with E-state index in [1.54, 1.807) is 0 Å². The van der Waals surface area contributed by atoms with E-state index in [4.69, 9.17) is 0 Å². The van der Waals surface area contributed by atoms with Crippen LogP contribution >= 0.6 is 0 Å². The van der Waals surface area contributed by atoms with Gasteiger partial charge >= 0.3 is 0 Å². The van der Waals surface area contributed by atoms with Gasteiger partial charge in [-0.2, -0.15) is 0 Å². The molecule has 0 saturated carbocycles. The SMILES string of the molecule is CCCCCCCCCCCCCCCCCC/C=C/CC/C=C/CCCC(O)C(O)C(CO)NC(=O)C(O)CCCCCCCCCCCCCCCCCC/C=C\CCCCCCCCCCCCCCCCCCCC. The van der Waals surface area contributed by atoms with E-state index < -0.39 is 36.9 Å². The molecule has 6 heteroatoms. The number of amides is 1. The highest BCUT2D eigenvalue weighted by Gasteiger charge is 2.28. The van der Waals surface area contributed by atoms with Crippen LogP contribution in [0.2, 0.25) is 0 Å². The minimum Gasteiger partial charge on any atom is -0.394 e. The Kier molecular flexibility index (Phi) is 66.1. The molecule has 0 radical (unpaired) electrons. The van der Waals surface area contributed by atoms with Crippen molar-refractivity contribution in [3.8, 4) is 0 Å². The van der Waals surface area contributed by atoms with E-state index >= 15 is 0 Å². The van der Waals surface area contributed by atoms with Gasteiger partial charge in [0.15, 0.2) is 0 Å².